The molecule has 100 valence electrons. The fourth-order valence-corrected chi connectivity index (χ4v) is 2.70. The summed E-state index contributed by atoms with van der Waals surface area (Å²) < 4.78 is 11.0. The van der Waals surface area contributed by atoms with E-state index in [-0.39, 0.29) is 5.63 Å². The Balaban J connectivity index is 1.72. The van der Waals surface area contributed by atoms with Crippen LogP contribution in [0.25, 0.3) is 11.0 Å². The summed E-state index contributed by atoms with van der Waals surface area (Å²) in [6.07, 6.45) is 6.53. The topological polar surface area (TPSA) is 39.4 Å². The summed E-state index contributed by atoms with van der Waals surface area (Å²) in [7, 11) is 0. The van der Waals surface area contributed by atoms with Gasteiger partial charge in [-0.05, 0) is 37.0 Å². The number of hydrogen-bond donors (Lipinski definition) is 0. The molecular weight excluding hydrogens is 240 g/mol. The molecule has 1 saturated carbocycles. The molecule has 1 aromatic heterocycles. The average molecular weight is 258 g/mol. The van der Waals surface area contributed by atoms with Gasteiger partial charge >= 0.3 is 5.63 Å². The van der Waals surface area contributed by atoms with Crippen molar-refractivity contribution in [3.8, 4) is 5.75 Å². The summed E-state index contributed by atoms with van der Waals surface area (Å²) in [5, 5.41) is 0.921. The molecule has 1 aromatic carbocycles. The van der Waals surface area contributed by atoms with Crippen LogP contribution < -0.4 is 10.4 Å². The molecule has 2 aromatic rings. The van der Waals surface area contributed by atoms with Gasteiger partial charge in [0.25, 0.3) is 0 Å². The van der Waals surface area contributed by atoms with Crippen LogP contribution >= 0.6 is 0 Å². The van der Waals surface area contributed by atoms with E-state index in [2.05, 4.69) is 0 Å². The Morgan fingerprint density at radius 2 is 1.89 bits per heavy atom. The van der Waals surface area contributed by atoms with Crippen molar-refractivity contribution in [1.82, 2.24) is 0 Å². The van der Waals surface area contributed by atoms with Crippen LogP contribution in [0.3, 0.4) is 0 Å². The van der Waals surface area contributed by atoms with Gasteiger partial charge in [-0.3, -0.25) is 0 Å². The second kappa shape index (κ2) is 5.47. The van der Waals surface area contributed by atoms with Crippen LogP contribution in [0.2, 0.25) is 0 Å². The standard InChI is InChI=1S/C16H18O3/c17-16-9-7-13-6-8-14(10-15(13)19-16)18-11-12-4-2-1-3-5-12/h6-10,12H,1-5,11H2. The third-order valence-corrected chi connectivity index (χ3v) is 3.80. The SMILES string of the molecule is O=c1ccc2ccc(OCC3CCCCC3)cc2o1. The Hall–Kier alpha value is -1.77. The highest BCUT2D eigenvalue weighted by Gasteiger charge is 2.14. The third-order valence-electron chi connectivity index (χ3n) is 3.80. The predicted octanol–water partition coefficient (Wildman–Crippen LogP) is 3.75. The summed E-state index contributed by atoms with van der Waals surface area (Å²) in [5.74, 6) is 1.46. The van der Waals surface area contributed by atoms with Gasteiger partial charge in [-0.25, -0.2) is 4.79 Å². The minimum atomic E-state index is -0.322. The molecule has 0 N–H and O–H groups in total. The summed E-state index contributed by atoms with van der Waals surface area (Å²) in [4.78, 5) is 11.2. The monoisotopic (exact) mass is 258 g/mol. The molecule has 0 amide bonds. The summed E-state index contributed by atoms with van der Waals surface area (Å²) in [6, 6.07) is 8.87. The fourth-order valence-electron chi connectivity index (χ4n) is 2.70. The zero-order valence-electron chi connectivity index (χ0n) is 10.9. The molecule has 0 radical (unpaired) electrons. The minimum Gasteiger partial charge on any atom is -0.493 e. The lowest BCUT2D eigenvalue weighted by Crippen LogP contribution is -2.15. The number of rotatable bonds is 3. The van der Waals surface area contributed by atoms with Crippen molar-refractivity contribution < 1.29 is 9.15 Å². The molecule has 3 nitrogen and oxygen atoms in total. The number of hydrogen-bond acceptors (Lipinski definition) is 3. The lowest BCUT2D eigenvalue weighted by atomic mass is 9.90. The first-order valence-corrected chi connectivity index (χ1v) is 6.98. The predicted molar refractivity (Wildman–Crippen MR) is 74.6 cm³/mol. The molecule has 1 aliphatic rings. The van der Waals surface area contributed by atoms with E-state index in [1.807, 2.05) is 12.1 Å². The van der Waals surface area contributed by atoms with Crippen LogP contribution in [0.1, 0.15) is 32.1 Å². The van der Waals surface area contributed by atoms with E-state index in [9.17, 15) is 4.79 Å². The van der Waals surface area contributed by atoms with Crippen molar-refractivity contribution in [1.29, 1.82) is 0 Å². The Kier molecular flexibility index (Phi) is 3.53. The maximum atomic E-state index is 11.2. The normalized spacial score (nSPS) is 16.6. The number of benzene rings is 1. The van der Waals surface area contributed by atoms with Crippen LogP contribution in [0.15, 0.2) is 39.5 Å². The maximum Gasteiger partial charge on any atom is 0.336 e. The molecule has 19 heavy (non-hydrogen) atoms. The Labute approximate surface area is 112 Å². The highest BCUT2D eigenvalue weighted by atomic mass is 16.5. The van der Waals surface area contributed by atoms with Gasteiger partial charge in [-0.1, -0.05) is 19.3 Å². The van der Waals surface area contributed by atoms with E-state index in [0.717, 1.165) is 17.7 Å². The first-order chi connectivity index (χ1) is 9.31. The van der Waals surface area contributed by atoms with Gasteiger partial charge in [0.05, 0.1) is 6.61 Å². The maximum absolute atomic E-state index is 11.2. The van der Waals surface area contributed by atoms with Gasteiger partial charge in [0.1, 0.15) is 11.3 Å². The van der Waals surface area contributed by atoms with Crippen LogP contribution in [0.4, 0.5) is 0 Å². The van der Waals surface area contributed by atoms with E-state index < -0.39 is 0 Å². The van der Waals surface area contributed by atoms with Crippen LogP contribution in [0, 0.1) is 5.92 Å². The summed E-state index contributed by atoms with van der Waals surface area (Å²) in [5.41, 5.74) is 0.269. The van der Waals surface area contributed by atoms with Gasteiger partial charge in [-0.2, -0.15) is 0 Å². The van der Waals surface area contributed by atoms with E-state index in [1.165, 1.54) is 38.2 Å². The summed E-state index contributed by atoms with van der Waals surface area (Å²) >= 11 is 0. The largest absolute Gasteiger partial charge is 0.493 e. The van der Waals surface area contributed by atoms with Crippen molar-refractivity contribution in [3.05, 3.63) is 40.8 Å². The Morgan fingerprint density at radius 3 is 2.74 bits per heavy atom. The van der Waals surface area contributed by atoms with Crippen molar-refractivity contribution in [3.63, 3.8) is 0 Å². The van der Waals surface area contributed by atoms with Gasteiger partial charge in [0, 0.05) is 17.5 Å². The number of fused-ring (bicyclic) bond motifs is 1. The first kappa shape index (κ1) is 12.3. The van der Waals surface area contributed by atoms with E-state index in [4.69, 9.17) is 9.15 Å². The molecule has 0 aliphatic heterocycles. The molecule has 1 fully saturated rings. The van der Waals surface area contributed by atoms with Crippen molar-refractivity contribution in [2.24, 2.45) is 5.92 Å². The quantitative estimate of drug-likeness (QED) is 0.787. The van der Waals surface area contributed by atoms with Gasteiger partial charge in [-0.15, -0.1) is 0 Å². The molecule has 0 bridgehead atoms. The lowest BCUT2D eigenvalue weighted by molar-refractivity contribution is 0.209. The molecule has 0 saturated heterocycles. The lowest BCUT2D eigenvalue weighted by Gasteiger charge is -2.21. The second-order valence-corrected chi connectivity index (χ2v) is 5.27. The van der Waals surface area contributed by atoms with Crippen LogP contribution in [0.5, 0.6) is 5.75 Å². The molecule has 0 unspecified atom stereocenters. The molecule has 1 aliphatic carbocycles. The summed E-state index contributed by atoms with van der Waals surface area (Å²) in [6.45, 7) is 0.766. The Morgan fingerprint density at radius 1 is 1.11 bits per heavy atom. The molecule has 3 rings (SSSR count). The van der Waals surface area contributed by atoms with E-state index >= 15 is 0 Å². The zero-order valence-corrected chi connectivity index (χ0v) is 10.9. The van der Waals surface area contributed by atoms with Crippen molar-refractivity contribution in [2.75, 3.05) is 6.61 Å². The zero-order chi connectivity index (χ0) is 13.1. The third kappa shape index (κ3) is 2.98. The van der Waals surface area contributed by atoms with Gasteiger partial charge < -0.3 is 9.15 Å². The van der Waals surface area contributed by atoms with Gasteiger partial charge in [0.2, 0.25) is 0 Å². The molecule has 3 heteroatoms. The van der Waals surface area contributed by atoms with E-state index in [0.29, 0.717) is 11.5 Å². The second-order valence-electron chi connectivity index (χ2n) is 5.27. The smallest absolute Gasteiger partial charge is 0.336 e. The molecule has 0 atom stereocenters. The molecular formula is C16H18O3. The highest BCUT2D eigenvalue weighted by molar-refractivity contribution is 5.77. The number of ether oxygens (including phenoxy) is 1. The molecule has 1 heterocycles. The van der Waals surface area contributed by atoms with Crippen molar-refractivity contribution >= 4 is 11.0 Å². The fraction of sp³-hybridized carbons (Fsp3) is 0.438. The highest BCUT2D eigenvalue weighted by Crippen LogP contribution is 2.25. The van der Waals surface area contributed by atoms with Crippen molar-refractivity contribution in [2.45, 2.75) is 32.1 Å². The first-order valence-electron chi connectivity index (χ1n) is 6.98. The van der Waals surface area contributed by atoms with Gasteiger partial charge in [0.15, 0.2) is 0 Å². The minimum absolute atomic E-state index is 0.322. The van der Waals surface area contributed by atoms with Crippen LogP contribution in [-0.2, 0) is 0 Å². The molecule has 0 spiro atoms. The Bertz CT molecular complexity index is 609. The van der Waals surface area contributed by atoms with Crippen LogP contribution in [-0.4, -0.2) is 6.61 Å². The van der Waals surface area contributed by atoms with E-state index in [1.54, 1.807) is 12.1 Å². The average Bonchev–Trinajstić information content (AvgIpc) is 2.46.